The number of hydrogen-bond donors (Lipinski definition) is 0. The number of fused-ring (bicyclic) bond motifs is 8. The molecule has 6 aromatic carbocycles. The van der Waals surface area contributed by atoms with E-state index in [0.29, 0.717) is 0 Å². The van der Waals surface area contributed by atoms with E-state index in [-0.39, 0.29) is 10.8 Å². The molecule has 10 unspecified atom stereocenters. The summed E-state index contributed by atoms with van der Waals surface area (Å²) in [6.45, 7) is 0. The van der Waals surface area contributed by atoms with Crippen molar-refractivity contribution in [2.24, 2.45) is 47.3 Å². The Bertz CT molecular complexity index is 2650. The molecule has 1 nitrogen and oxygen atoms in total. The van der Waals surface area contributed by atoms with E-state index in [4.69, 9.17) is 0 Å². The van der Waals surface area contributed by atoms with Crippen molar-refractivity contribution in [3.05, 3.63) is 162 Å². The molecule has 16 rings (SSSR count). The average molecular weight is 766 g/mol. The van der Waals surface area contributed by atoms with E-state index in [1.807, 2.05) is 0 Å². The Kier molecular flexibility index (Phi) is 7.09. The number of nitrogens with zero attached hydrogens (tertiary/aromatic N) is 1. The van der Waals surface area contributed by atoms with Gasteiger partial charge in [-0.3, -0.25) is 0 Å². The molecular weight excluding hydrogens is 711 g/mol. The summed E-state index contributed by atoms with van der Waals surface area (Å²) in [5.41, 5.74) is 19.3. The Morgan fingerprint density at radius 1 is 0.356 bits per heavy atom. The van der Waals surface area contributed by atoms with Gasteiger partial charge in [0, 0.05) is 27.8 Å². The summed E-state index contributed by atoms with van der Waals surface area (Å²) < 4.78 is 0. The third-order valence-corrected chi connectivity index (χ3v) is 18.4. The van der Waals surface area contributed by atoms with Crippen molar-refractivity contribution in [3.63, 3.8) is 0 Å². The van der Waals surface area contributed by atoms with Gasteiger partial charge >= 0.3 is 0 Å². The Hall–Kier alpha value is -4.88. The van der Waals surface area contributed by atoms with Crippen LogP contribution in [0, 0.1) is 47.3 Å². The molecule has 10 atom stereocenters. The molecular formula is C58H55N. The van der Waals surface area contributed by atoms with Crippen molar-refractivity contribution in [1.29, 1.82) is 0 Å². The fourth-order valence-corrected chi connectivity index (χ4v) is 16.8. The maximum atomic E-state index is 2.73. The Balaban J connectivity index is 1.02. The van der Waals surface area contributed by atoms with E-state index >= 15 is 0 Å². The first-order valence-electron chi connectivity index (χ1n) is 23.6. The quantitative estimate of drug-likeness (QED) is 0.173. The number of rotatable bonds is 4. The van der Waals surface area contributed by atoms with Gasteiger partial charge in [0.05, 0.1) is 5.69 Å². The second kappa shape index (κ2) is 12.3. The van der Waals surface area contributed by atoms with Crippen LogP contribution in [-0.4, -0.2) is 0 Å². The average Bonchev–Trinajstić information content (AvgIpc) is 3.51. The molecule has 0 amide bonds. The second-order valence-corrected chi connectivity index (χ2v) is 20.8. The minimum atomic E-state index is 0.110. The minimum Gasteiger partial charge on any atom is -0.310 e. The fraction of sp³-hybridized carbons (Fsp3) is 0.379. The molecule has 10 aliphatic rings. The predicted molar refractivity (Wildman–Crippen MR) is 242 cm³/mol. The number of benzene rings is 6. The van der Waals surface area contributed by atoms with Crippen molar-refractivity contribution in [3.8, 4) is 33.4 Å². The third kappa shape index (κ3) is 4.48. The van der Waals surface area contributed by atoms with Gasteiger partial charge in [0.1, 0.15) is 0 Å². The van der Waals surface area contributed by atoms with Crippen molar-refractivity contribution in [1.82, 2.24) is 0 Å². The minimum absolute atomic E-state index is 0.110. The van der Waals surface area contributed by atoms with E-state index in [1.165, 1.54) is 127 Å². The third-order valence-electron chi connectivity index (χ3n) is 18.4. The van der Waals surface area contributed by atoms with Gasteiger partial charge < -0.3 is 4.90 Å². The zero-order valence-corrected chi connectivity index (χ0v) is 34.3. The molecule has 0 aromatic heterocycles. The second-order valence-electron chi connectivity index (χ2n) is 20.8. The predicted octanol–water partition coefficient (Wildman–Crippen LogP) is 15.0. The first-order valence-corrected chi connectivity index (χ1v) is 23.6. The zero-order chi connectivity index (χ0) is 38.5. The van der Waals surface area contributed by atoms with Crippen LogP contribution < -0.4 is 4.90 Å². The largest absolute Gasteiger partial charge is 0.310 e. The highest BCUT2D eigenvalue weighted by molar-refractivity contribution is 5.97. The van der Waals surface area contributed by atoms with Crippen LogP contribution in [0.1, 0.15) is 99.3 Å². The van der Waals surface area contributed by atoms with Crippen molar-refractivity contribution in [2.75, 3.05) is 4.90 Å². The molecule has 8 saturated carbocycles. The summed E-state index contributed by atoms with van der Waals surface area (Å²) in [5, 5.41) is 0. The maximum absolute atomic E-state index is 2.73. The molecule has 2 spiro atoms. The lowest BCUT2D eigenvalue weighted by molar-refractivity contribution is 0.0618. The number of anilines is 3. The Labute approximate surface area is 350 Å². The zero-order valence-electron chi connectivity index (χ0n) is 34.3. The monoisotopic (exact) mass is 765 g/mol. The summed E-state index contributed by atoms with van der Waals surface area (Å²) in [6.07, 6.45) is 17.0. The van der Waals surface area contributed by atoms with Gasteiger partial charge in [0.25, 0.3) is 0 Å². The van der Waals surface area contributed by atoms with Crippen LogP contribution in [0.4, 0.5) is 17.1 Å². The first kappa shape index (κ1) is 33.9. The van der Waals surface area contributed by atoms with Gasteiger partial charge in [0.2, 0.25) is 0 Å². The highest BCUT2D eigenvalue weighted by atomic mass is 15.1. The first-order chi connectivity index (χ1) is 29.2. The normalized spacial score (nSPS) is 33.4. The highest BCUT2D eigenvalue weighted by Crippen LogP contribution is 2.70. The van der Waals surface area contributed by atoms with Crippen molar-refractivity contribution >= 4 is 17.1 Å². The summed E-state index contributed by atoms with van der Waals surface area (Å²) in [6, 6.07) is 55.2. The molecule has 59 heavy (non-hydrogen) atoms. The molecule has 8 fully saturated rings. The molecule has 8 bridgehead atoms. The van der Waals surface area contributed by atoms with Gasteiger partial charge in [-0.1, -0.05) is 122 Å². The SMILES string of the molecule is c1ccc(-c2cccc(N(c3ccc4c(c3)C3(c5ccccc5-4)C4CCC5CC(C4)CC3C5)c3cccc4c3-c3ccccc3C43C4CCC5CC(C4)CC3C5)c2)cc1. The molecule has 0 radical (unpaired) electrons. The molecule has 0 N–H and O–H groups in total. The van der Waals surface area contributed by atoms with Crippen LogP contribution in [0.25, 0.3) is 33.4 Å². The molecule has 0 saturated heterocycles. The van der Waals surface area contributed by atoms with E-state index in [1.54, 1.807) is 22.3 Å². The van der Waals surface area contributed by atoms with Crippen LogP contribution in [0.3, 0.4) is 0 Å². The van der Waals surface area contributed by atoms with Crippen molar-refractivity contribution < 1.29 is 0 Å². The number of hydrogen-bond acceptors (Lipinski definition) is 1. The van der Waals surface area contributed by atoms with Gasteiger partial charge in [-0.2, -0.15) is 0 Å². The van der Waals surface area contributed by atoms with Crippen LogP contribution in [0.2, 0.25) is 0 Å². The molecule has 0 aliphatic heterocycles. The van der Waals surface area contributed by atoms with Crippen LogP contribution in [-0.2, 0) is 10.8 Å². The molecule has 292 valence electrons. The van der Waals surface area contributed by atoms with E-state index in [0.717, 1.165) is 47.3 Å². The van der Waals surface area contributed by atoms with E-state index < -0.39 is 0 Å². The van der Waals surface area contributed by atoms with E-state index in [9.17, 15) is 0 Å². The van der Waals surface area contributed by atoms with Crippen molar-refractivity contribution in [2.45, 2.75) is 87.9 Å². The fourth-order valence-electron chi connectivity index (χ4n) is 16.8. The topological polar surface area (TPSA) is 3.24 Å². The summed E-state index contributed by atoms with van der Waals surface area (Å²) in [5.74, 6) is 6.58. The Morgan fingerprint density at radius 2 is 0.898 bits per heavy atom. The smallest absolute Gasteiger partial charge is 0.0543 e. The van der Waals surface area contributed by atoms with Crippen LogP contribution in [0.5, 0.6) is 0 Å². The highest BCUT2D eigenvalue weighted by Gasteiger charge is 2.61. The van der Waals surface area contributed by atoms with Crippen LogP contribution in [0.15, 0.2) is 140 Å². The van der Waals surface area contributed by atoms with Gasteiger partial charge in [-0.25, -0.2) is 0 Å². The lowest BCUT2D eigenvalue weighted by Crippen LogP contribution is -2.48. The maximum Gasteiger partial charge on any atom is 0.0543 e. The summed E-state index contributed by atoms with van der Waals surface area (Å²) >= 11 is 0. The Morgan fingerprint density at radius 3 is 1.64 bits per heavy atom. The molecule has 0 heterocycles. The van der Waals surface area contributed by atoms with Gasteiger partial charge in [-0.05, 0) is 192 Å². The van der Waals surface area contributed by atoms with Gasteiger partial charge in [0.15, 0.2) is 0 Å². The van der Waals surface area contributed by atoms with Gasteiger partial charge in [-0.15, -0.1) is 0 Å². The van der Waals surface area contributed by atoms with Crippen LogP contribution >= 0.6 is 0 Å². The summed E-state index contributed by atoms with van der Waals surface area (Å²) in [7, 11) is 0. The standard InChI is InChI=1S/C58H55N/c1-2-10-40(11-3-1)41-12-8-13-46(34-41)59(47-24-25-49-48-14-4-6-16-51(48)58(54(49)35-47)43-23-21-37-27-39(31-43)33-45(58)29-37)55-19-9-18-53-56(55)50-15-5-7-17-52(50)57(53)42-22-20-36-26-38(30-42)32-44(57)28-36/h1-19,24-25,34-39,42-45H,20-23,26-33H2. The van der Waals surface area contributed by atoms with E-state index in [2.05, 4.69) is 144 Å². The lowest BCUT2D eigenvalue weighted by Gasteiger charge is -2.53. The lowest BCUT2D eigenvalue weighted by atomic mass is 9.50. The summed E-state index contributed by atoms with van der Waals surface area (Å²) in [4.78, 5) is 2.71. The molecule has 1 heteroatoms. The molecule has 6 aromatic rings. The molecule has 10 aliphatic carbocycles.